The highest BCUT2D eigenvalue weighted by molar-refractivity contribution is 9.10. The molecule has 5 nitrogen and oxygen atoms in total. The topological polar surface area (TPSA) is 68.9 Å². The summed E-state index contributed by atoms with van der Waals surface area (Å²) < 4.78 is 12.5. The Morgan fingerprint density at radius 2 is 2.08 bits per heavy atom. The minimum atomic E-state index is 0.110. The van der Waals surface area contributed by atoms with Gasteiger partial charge in [-0.1, -0.05) is 24.3 Å². The first-order valence-electron chi connectivity index (χ1n) is 7.73. The van der Waals surface area contributed by atoms with Gasteiger partial charge in [-0.15, -0.1) is 0 Å². The minimum Gasteiger partial charge on any atom is -0.490 e. The zero-order chi connectivity index (χ0) is 18.2. The van der Waals surface area contributed by atoms with Gasteiger partial charge in [-0.3, -0.25) is 5.43 Å². The predicted octanol–water partition coefficient (Wildman–Crippen LogP) is 3.90. The second-order valence-corrected chi connectivity index (χ2v) is 6.51. The van der Waals surface area contributed by atoms with Crippen LogP contribution in [0.1, 0.15) is 23.6 Å². The smallest absolute Gasteiger partial charge is 0.184 e. The van der Waals surface area contributed by atoms with E-state index in [-0.39, 0.29) is 5.11 Å². The SMILES string of the molecule is CCOc1cc(/C=N/NC(N)=S)cc(Br)c1OCc1ccccc1C. The normalized spacial score (nSPS) is 10.7. The van der Waals surface area contributed by atoms with Crippen molar-refractivity contribution in [3.05, 3.63) is 57.6 Å². The molecule has 2 rings (SSSR count). The summed E-state index contributed by atoms with van der Waals surface area (Å²) in [5, 5.41) is 4.07. The molecule has 132 valence electrons. The van der Waals surface area contributed by atoms with E-state index in [1.54, 1.807) is 6.21 Å². The minimum absolute atomic E-state index is 0.110. The van der Waals surface area contributed by atoms with Crippen molar-refractivity contribution in [2.75, 3.05) is 6.61 Å². The molecule has 0 radical (unpaired) electrons. The summed E-state index contributed by atoms with van der Waals surface area (Å²) >= 11 is 8.26. The molecule has 0 aliphatic carbocycles. The van der Waals surface area contributed by atoms with Gasteiger partial charge in [-0.2, -0.15) is 5.10 Å². The molecule has 0 saturated heterocycles. The molecule has 0 saturated carbocycles. The van der Waals surface area contributed by atoms with Gasteiger partial charge in [0, 0.05) is 0 Å². The number of rotatable bonds is 7. The van der Waals surface area contributed by atoms with Crippen LogP contribution >= 0.6 is 28.1 Å². The van der Waals surface area contributed by atoms with E-state index in [0.717, 1.165) is 15.6 Å². The molecule has 0 atom stereocenters. The molecule has 0 aromatic heterocycles. The summed E-state index contributed by atoms with van der Waals surface area (Å²) in [6.45, 7) is 4.97. The number of thiocarbonyl (C=S) groups is 1. The van der Waals surface area contributed by atoms with Crippen molar-refractivity contribution in [2.24, 2.45) is 10.8 Å². The van der Waals surface area contributed by atoms with Crippen LogP contribution in [-0.2, 0) is 6.61 Å². The van der Waals surface area contributed by atoms with Gasteiger partial charge in [0.1, 0.15) is 6.61 Å². The molecule has 2 aromatic rings. The number of halogens is 1. The Balaban J connectivity index is 2.23. The van der Waals surface area contributed by atoms with Crippen LogP contribution in [0.5, 0.6) is 11.5 Å². The number of nitrogens with two attached hydrogens (primary N) is 1. The van der Waals surface area contributed by atoms with Crippen LogP contribution < -0.4 is 20.6 Å². The standard InChI is InChI=1S/C18H20BrN3O2S/c1-3-23-16-9-13(10-21-22-18(20)25)8-15(19)17(16)24-11-14-7-5-4-6-12(14)2/h4-10H,3,11H2,1-2H3,(H3,20,22,25)/b21-10+. The molecule has 0 unspecified atom stereocenters. The Kier molecular flexibility index (Phi) is 7.21. The first-order chi connectivity index (χ1) is 12.0. The lowest BCUT2D eigenvalue weighted by Gasteiger charge is -2.15. The summed E-state index contributed by atoms with van der Waals surface area (Å²) in [7, 11) is 0. The molecule has 25 heavy (non-hydrogen) atoms. The Labute approximate surface area is 161 Å². The van der Waals surface area contributed by atoms with E-state index in [2.05, 4.69) is 39.4 Å². The molecule has 3 N–H and O–H groups in total. The third-order valence-electron chi connectivity index (χ3n) is 3.35. The largest absolute Gasteiger partial charge is 0.490 e. The van der Waals surface area contributed by atoms with E-state index in [1.165, 1.54) is 5.56 Å². The monoisotopic (exact) mass is 421 g/mol. The van der Waals surface area contributed by atoms with Crippen molar-refractivity contribution in [3.63, 3.8) is 0 Å². The average molecular weight is 422 g/mol. The van der Waals surface area contributed by atoms with Crippen LogP contribution in [0.4, 0.5) is 0 Å². The van der Waals surface area contributed by atoms with Gasteiger partial charge in [0.2, 0.25) is 0 Å². The quantitative estimate of drug-likeness (QED) is 0.403. The fourth-order valence-corrected chi connectivity index (χ4v) is 2.78. The third-order valence-corrected chi connectivity index (χ3v) is 4.03. The number of aryl methyl sites for hydroxylation is 1. The maximum absolute atomic E-state index is 6.01. The maximum Gasteiger partial charge on any atom is 0.184 e. The number of hydrogen-bond donors (Lipinski definition) is 2. The molecule has 0 spiro atoms. The summed E-state index contributed by atoms with van der Waals surface area (Å²) in [6, 6.07) is 11.9. The van der Waals surface area contributed by atoms with Crippen LogP contribution in [0, 0.1) is 6.92 Å². The van der Waals surface area contributed by atoms with Crippen LogP contribution in [0.3, 0.4) is 0 Å². The van der Waals surface area contributed by atoms with Gasteiger partial charge in [0.15, 0.2) is 16.6 Å². The van der Waals surface area contributed by atoms with Gasteiger partial charge in [-0.05, 0) is 70.8 Å². The highest BCUT2D eigenvalue weighted by Crippen LogP contribution is 2.37. The molecule has 0 heterocycles. The Hall–Kier alpha value is -2.12. The summed E-state index contributed by atoms with van der Waals surface area (Å²) in [5.74, 6) is 1.30. The van der Waals surface area contributed by atoms with Crippen LogP contribution in [0.15, 0.2) is 46.0 Å². The van der Waals surface area contributed by atoms with Gasteiger partial charge < -0.3 is 15.2 Å². The molecule has 0 fully saturated rings. The average Bonchev–Trinajstić information content (AvgIpc) is 2.55. The lowest BCUT2D eigenvalue weighted by Crippen LogP contribution is -2.23. The first kappa shape index (κ1) is 19.2. The van der Waals surface area contributed by atoms with E-state index in [9.17, 15) is 0 Å². The first-order valence-corrected chi connectivity index (χ1v) is 8.93. The van der Waals surface area contributed by atoms with Crippen molar-refractivity contribution in [3.8, 4) is 11.5 Å². The van der Waals surface area contributed by atoms with E-state index in [0.29, 0.717) is 24.7 Å². The van der Waals surface area contributed by atoms with E-state index in [4.69, 9.17) is 27.4 Å². The lowest BCUT2D eigenvalue weighted by molar-refractivity contribution is 0.267. The maximum atomic E-state index is 6.01. The second kappa shape index (κ2) is 9.39. The number of ether oxygens (including phenoxy) is 2. The van der Waals surface area contributed by atoms with Crippen molar-refractivity contribution < 1.29 is 9.47 Å². The zero-order valence-electron chi connectivity index (χ0n) is 14.1. The second-order valence-electron chi connectivity index (χ2n) is 5.21. The van der Waals surface area contributed by atoms with Crippen molar-refractivity contribution in [2.45, 2.75) is 20.5 Å². The number of hydrogen-bond acceptors (Lipinski definition) is 4. The molecular weight excluding hydrogens is 402 g/mol. The third kappa shape index (κ3) is 5.72. The number of nitrogens with one attached hydrogen (secondary N) is 1. The summed E-state index contributed by atoms with van der Waals surface area (Å²) in [5.41, 5.74) is 11.0. The molecule has 2 aromatic carbocycles. The molecule has 0 bridgehead atoms. The lowest BCUT2D eigenvalue weighted by atomic mass is 10.1. The molecule has 0 aliphatic rings. The summed E-state index contributed by atoms with van der Waals surface area (Å²) in [4.78, 5) is 0. The molecule has 0 aliphatic heterocycles. The highest BCUT2D eigenvalue weighted by atomic mass is 79.9. The Morgan fingerprint density at radius 1 is 1.32 bits per heavy atom. The zero-order valence-corrected chi connectivity index (χ0v) is 16.5. The van der Waals surface area contributed by atoms with Crippen molar-refractivity contribution in [1.29, 1.82) is 0 Å². The van der Waals surface area contributed by atoms with Crippen molar-refractivity contribution >= 4 is 39.5 Å². The van der Waals surface area contributed by atoms with Crippen LogP contribution in [0.25, 0.3) is 0 Å². The van der Waals surface area contributed by atoms with Gasteiger partial charge in [-0.25, -0.2) is 0 Å². The number of benzene rings is 2. The predicted molar refractivity (Wildman–Crippen MR) is 108 cm³/mol. The highest BCUT2D eigenvalue weighted by Gasteiger charge is 2.12. The molecule has 0 amide bonds. The Morgan fingerprint density at radius 3 is 2.76 bits per heavy atom. The van der Waals surface area contributed by atoms with E-state index < -0.39 is 0 Å². The van der Waals surface area contributed by atoms with Crippen LogP contribution in [0.2, 0.25) is 0 Å². The molecule has 7 heteroatoms. The van der Waals surface area contributed by atoms with E-state index in [1.807, 2.05) is 37.3 Å². The fraction of sp³-hybridized carbons (Fsp3) is 0.222. The Bertz CT molecular complexity index is 781. The number of nitrogens with zero attached hydrogens (tertiary/aromatic N) is 1. The fourth-order valence-electron chi connectivity index (χ4n) is 2.16. The van der Waals surface area contributed by atoms with Crippen molar-refractivity contribution in [1.82, 2.24) is 5.43 Å². The van der Waals surface area contributed by atoms with Crippen LogP contribution in [-0.4, -0.2) is 17.9 Å². The number of hydrazone groups is 1. The summed E-state index contributed by atoms with van der Waals surface area (Å²) in [6.07, 6.45) is 1.61. The molecular formula is C18H20BrN3O2S. The van der Waals surface area contributed by atoms with E-state index >= 15 is 0 Å². The van der Waals surface area contributed by atoms with Gasteiger partial charge >= 0.3 is 0 Å². The van der Waals surface area contributed by atoms with Gasteiger partial charge in [0.25, 0.3) is 0 Å². The van der Waals surface area contributed by atoms with Gasteiger partial charge in [0.05, 0.1) is 17.3 Å².